The van der Waals surface area contributed by atoms with Crippen molar-refractivity contribution in [3.05, 3.63) is 29.8 Å². The second-order valence-corrected chi connectivity index (χ2v) is 7.27. The molecule has 3 heteroatoms. The summed E-state index contributed by atoms with van der Waals surface area (Å²) in [6.45, 7) is 8.17. The van der Waals surface area contributed by atoms with Gasteiger partial charge in [-0.15, -0.1) is 0 Å². The maximum absolute atomic E-state index is 12.3. The first-order valence-corrected chi connectivity index (χ1v) is 10.7. The second-order valence-electron chi connectivity index (χ2n) is 7.27. The Balaban J connectivity index is 2.27. The van der Waals surface area contributed by atoms with Crippen molar-refractivity contribution in [1.29, 1.82) is 0 Å². The number of carbonyl (C=O) groups is 1. The lowest BCUT2D eigenvalue weighted by Crippen LogP contribution is -2.29. The average molecular weight is 362 g/mol. The first-order chi connectivity index (χ1) is 12.7. The van der Waals surface area contributed by atoms with Crippen molar-refractivity contribution in [2.24, 2.45) is 5.92 Å². The van der Waals surface area contributed by atoms with Gasteiger partial charge in [-0.1, -0.05) is 72.1 Å². The first-order valence-electron chi connectivity index (χ1n) is 10.7. The molecule has 1 aromatic carbocycles. The Morgan fingerprint density at radius 2 is 1.58 bits per heavy atom. The van der Waals surface area contributed by atoms with Crippen molar-refractivity contribution < 1.29 is 9.53 Å². The molecule has 0 radical (unpaired) electrons. The van der Waals surface area contributed by atoms with Gasteiger partial charge in [0, 0.05) is 12.1 Å². The number of unbranched alkanes of at least 4 members (excludes halogenated alkanes) is 6. The number of ether oxygens (including phenoxy) is 1. The zero-order valence-corrected chi connectivity index (χ0v) is 17.2. The highest BCUT2D eigenvalue weighted by Crippen LogP contribution is 2.15. The fraction of sp³-hybridized carbons (Fsp3) is 0.696. The van der Waals surface area contributed by atoms with Gasteiger partial charge in [0.2, 0.25) is 0 Å². The Kier molecular flexibility index (Phi) is 12.7. The van der Waals surface area contributed by atoms with Crippen LogP contribution in [0.15, 0.2) is 24.3 Å². The summed E-state index contributed by atoms with van der Waals surface area (Å²) in [5.41, 5.74) is 0.710. The van der Waals surface area contributed by atoms with E-state index in [2.05, 4.69) is 26.1 Å². The molecule has 0 spiro atoms. The second kappa shape index (κ2) is 14.6. The number of hydrogen-bond donors (Lipinski definition) is 1. The highest BCUT2D eigenvalue weighted by atomic mass is 16.5. The van der Waals surface area contributed by atoms with Crippen LogP contribution in [0.2, 0.25) is 0 Å². The Bertz CT molecular complexity index is 470. The minimum atomic E-state index is 0.0161. The van der Waals surface area contributed by atoms with E-state index >= 15 is 0 Å². The lowest BCUT2D eigenvalue weighted by atomic mass is 9.99. The molecule has 0 fully saturated rings. The van der Waals surface area contributed by atoms with Crippen LogP contribution in [0.25, 0.3) is 0 Å². The van der Waals surface area contributed by atoms with E-state index in [9.17, 15) is 4.79 Å². The smallest absolute Gasteiger partial charge is 0.251 e. The molecule has 0 aromatic heterocycles. The molecule has 1 atom stereocenters. The first kappa shape index (κ1) is 22.5. The molecular formula is C23H39NO2. The van der Waals surface area contributed by atoms with E-state index in [0.717, 1.165) is 31.7 Å². The molecule has 1 aromatic rings. The van der Waals surface area contributed by atoms with Gasteiger partial charge in [0.05, 0.1) is 6.61 Å². The van der Waals surface area contributed by atoms with Gasteiger partial charge in [-0.25, -0.2) is 0 Å². The fourth-order valence-electron chi connectivity index (χ4n) is 3.06. The van der Waals surface area contributed by atoms with Crippen LogP contribution in [-0.4, -0.2) is 19.1 Å². The molecule has 0 saturated carbocycles. The van der Waals surface area contributed by atoms with E-state index in [4.69, 9.17) is 4.74 Å². The van der Waals surface area contributed by atoms with Crippen LogP contribution in [0.5, 0.6) is 5.75 Å². The van der Waals surface area contributed by atoms with Gasteiger partial charge in [0.1, 0.15) is 5.75 Å². The van der Waals surface area contributed by atoms with Crippen LogP contribution >= 0.6 is 0 Å². The van der Waals surface area contributed by atoms with Crippen LogP contribution < -0.4 is 10.1 Å². The van der Waals surface area contributed by atoms with Crippen LogP contribution in [0, 0.1) is 5.92 Å². The Morgan fingerprint density at radius 1 is 0.923 bits per heavy atom. The summed E-state index contributed by atoms with van der Waals surface area (Å²) in [5.74, 6) is 1.45. The summed E-state index contributed by atoms with van der Waals surface area (Å²) < 4.78 is 5.78. The number of rotatable bonds is 15. The highest BCUT2D eigenvalue weighted by molar-refractivity contribution is 5.94. The Labute approximate surface area is 160 Å². The molecule has 0 saturated heterocycles. The maximum atomic E-state index is 12.3. The zero-order chi connectivity index (χ0) is 19.0. The summed E-state index contributed by atoms with van der Waals surface area (Å²) in [4.78, 5) is 12.3. The van der Waals surface area contributed by atoms with Crippen LogP contribution in [0.1, 0.15) is 95.3 Å². The van der Waals surface area contributed by atoms with Gasteiger partial charge in [0.25, 0.3) is 5.91 Å². The monoisotopic (exact) mass is 361 g/mol. The summed E-state index contributed by atoms with van der Waals surface area (Å²) in [6.07, 6.45) is 12.3. The normalized spacial score (nSPS) is 12.0. The number of benzene rings is 1. The van der Waals surface area contributed by atoms with E-state index < -0.39 is 0 Å². The summed E-state index contributed by atoms with van der Waals surface area (Å²) >= 11 is 0. The van der Waals surface area contributed by atoms with Crippen molar-refractivity contribution >= 4 is 5.91 Å². The van der Waals surface area contributed by atoms with Crippen LogP contribution in [-0.2, 0) is 0 Å². The van der Waals surface area contributed by atoms with E-state index in [1.54, 1.807) is 0 Å². The minimum absolute atomic E-state index is 0.0161. The zero-order valence-electron chi connectivity index (χ0n) is 17.2. The quantitative estimate of drug-likeness (QED) is 0.368. The van der Waals surface area contributed by atoms with Crippen molar-refractivity contribution in [2.45, 2.75) is 85.0 Å². The van der Waals surface area contributed by atoms with Gasteiger partial charge >= 0.3 is 0 Å². The largest absolute Gasteiger partial charge is 0.494 e. The molecule has 1 N–H and O–H groups in total. The van der Waals surface area contributed by atoms with E-state index in [0.29, 0.717) is 11.5 Å². The predicted molar refractivity (Wildman–Crippen MR) is 111 cm³/mol. The molecule has 0 aliphatic rings. The SMILES string of the molecule is CCCCCCCCOc1ccc(C(=O)NC[C@@H](CC)CCCC)cc1. The summed E-state index contributed by atoms with van der Waals surface area (Å²) in [5, 5.41) is 3.08. The van der Waals surface area contributed by atoms with E-state index in [1.807, 2.05) is 24.3 Å². The van der Waals surface area contributed by atoms with Gasteiger partial charge in [0.15, 0.2) is 0 Å². The average Bonchev–Trinajstić information content (AvgIpc) is 2.67. The number of nitrogens with one attached hydrogen (secondary N) is 1. The molecule has 0 bridgehead atoms. The lowest BCUT2D eigenvalue weighted by molar-refractivity contribution is 0.0946. The van der Waals surface area contributed by atoms with Crippen molar-refractivity contribution in [2.75, 3.05) is 13.2 Å². The maximum Gasteiger partial charge on any atom is 0.251 e. The Morgan fingerprint density at radius 3 is 2.23 bits per heavy atom. The van der Waals surface area contributed by atoms with Crippen molar-refractivity contribution in [1.82, 2.24) is 5.32 Å². The molecule has 1 rings (SSSR count). The van der Waals surface area contributed by atoms with Crippen LogP contribution in [0.3, 0.4) is 0 Å². The molecular weight excluding hydrogens is 322 g/mol. The molecule has 0 aliphatic heterocycles. The number of carbonyl (C=O) groups excluding carboxylic acids is 1. The molecule has 26 heavy (non-hydrogen) atoms. The van der Waals surface area contributed by atoms with Crippen molar-refractivity contribution in [3.8, 4) is 5.75 Å². The van der Waals surface area contributed by atoms with Gasteiger partial charge in [-0.2, -0.15) is 0 Å². The molecule has 0 aliphatic carbocycles. The molecule has 148 valence electrons. The van der Waals surface area contributed by atoms with E-state index in [1.165, 1.54) is 51.4 Å². The number of amides is 1. The molecule has 3 nitrogen and oxygen atoms in total. The standard InChI is InChI=1S/C23H39NO2/c1-4-7-9-10-11-12-18-26-22-16-14-21(15-17-22)23(25)24-19-20(6-3)13-8-5-2/h14-17,20H,4-13,18-19H2,1-3H3,(H,24,25)/t20-/m0/s1. The highest BCUT2D eigenvalue weighted by Gasteiger charge is 2.10. The number of hydrogen-bond acceptors (Lipinski definition) is 2. The fourth-order valence-corrected chi connectivity index (χ4v) is 3.06. The Hall–Kier alpha value is -1.51. The minimum Gasteiger partial charge on any atom is -0.494 e. The predicted octanol–water partition coefficient (Wildman–Crippen LogP) is 6.37. The van der Waals surface area contributed by atoms with Gasteiger partial charge < -0.3 is 10.1 Å². The molecule has 0 heterocycles. The topological polar surface area (TPSA) is 38.3 Å². The van der Waals surface area contributed by atoms with Gasteiger partial charge in [-0.3, -0.25) is 4.79 Å². The summed E-state index contributed by atoms with van der Waals surface area (Å²) in [7, 11) is 0. The third kappa shape index (κ3) is 9.84. The van der Waals surface area contributed by atoms with E-state index in [-0.39, 0.29) is 5.91 Å². The molecule has 1 amide bonds. The summed E-state index contributed by atoms with van der Waals surface area (Å²) in [6, 6.07) is 7.53. The van der Waals surface area contributed by atoms with Gasteiger partial charge in [-0.05, 0) is 43.0 Å². The lowest BCUT2D eigenvalue weighted by Gasteiger charge is -2.15. The van der Waals surface area contributed by atoms with Crippen molar-refractivity contribution in [3.63, 3.8) is 0 Å². The van der Waals surface area contributed by atoms with Crippen LogP contribution in [0.4, 0.5) is 0 Å². The third-order valence-corrected chi connectivity index (χ3v) is 4.98. The molecule has 0 unspecified atom stereocenters. The third-order valence-electron chi connectivity index (χ3n) is 4.98.